The second-order valence-electron chi connectivity index (χ2n) is 11.2. The fourth-order valence-corrected chi connectivity index (χ4v) is 5.09. The summed E-state index contributed by atoms with van der Waals surface area (Å²) in [4.78, 5) is 22.5. The van der Waals surface area contributed by atoms with Gasteiger partial charge in [0.15, 0.2) is 0 Å². The Morgan fingerprint density at radius 1 is 0.913 bits per heavy atom. The standard InChI is InChI=1S/C34H49N7O5/c1-27(2)41(16-17-43-18-19-44-20-21-45-22-23-46-26-28-8-6-5-7-9-28)31-24-33(37-25-30(31)35-3)38-32-10-13-36-34(39-32)40-14-11-29(42-4)12-15-40/h5-10,13,24-25,27,29H,3,11-12,14-23,26H2,1-2,4H3,(H,36,37,38,39). The van der Waals surface area contributed by atoms with E-state index in [-0.39, 0.29) is 6.04 Å². The van der Waals surface area contributed by atoms with Crippen molar-refractivity contribution in [2.24, 2.45) is 4.99 Å². The fraction of sp³-hybridized carbons (Fsp3) is 0.529. The molecule has 1 aliphatic rings. The molecule has 3 heterocycles. The Kier molecular flexibility index (Phi) is 15.1. The number of methoxy groups -OCH3 is 1. The molecule has 46 heavy (non-hydrogen) atoms. The molecule has 3 aromatic rings. The van der Waals surface area contributed by atoms with Crippen molar-refractivity contribution in [3.63, 3.8) is 0 Å². The van der Waals surface area contributed by atoms with Crippen molar-refractivity contribution in [1.29, 1.82) is 0 Å². The highest BCUT2D eigenvalue weighted by molar-refractivity contribution is 5.73. The monoisotopic (exact) mass is 635 g/mol. The molecule has 1 fully saturated rings. The van der Waals surface area contributed by atoms with Crippen molar-refractivity contribution >= 4 is 35.7 Å². The number of aromatic nitrogens is 3. The molecule has 1 aliphatic heterocycles. The van der Waals surface area contributed by atoms with Crippen LogP contribution in [-0.4, -0.2) is 107 Å². The summed E-state index contributed by atoms with van der Waals surface area (Å²) in [6.45, 7) is 14.7. The van der Waals surface area contributed by atoms with Crippen LogP contribution in [0.1, 0.15) is 32.3 Å². The number of benzene rings is 1. The highest BCUT2D eigenvalue weighted by atomic mass is 16.6. The highest BCUT2D eigenvalue weighted by Gasteiger charge is 2.21. The highest BCUT2D eigenvalue weighted by Crippen LogP contribution is 2.32. The predicted molar refractivity (Wildman–Crippen MR) is 182 cm³/mol. The molecule has 250 valence electrons. The third-order valence-corrected chi connectivity index (χ3v) is 7.63. The molecule has 0 saturated carbocycles. The average Bonchev–Trinajstić information content (AvgIpc) is 3.09. The van der Waals surface area contributed by atoms with E-state index in [1.807, 2.05) is 42.5 Å². The molecule has 4 rings (SSSR count). The largest absolute Gasteiger partial charge is 0.381 e. The first-order valence-electron chi connectivity index (χ1n) is 16.0. The number of aliphatic imine (C=N–C) groups is 1. The van der Waals surface area contributed by atoms with Crippen LogP contribution in [0.4, 0.5) is 29.0 Å². The topological polar surface area (TPSA) is 116 Å². The number of piperidine rings is 1. The lowest BCUT2D eigenvalue weighted by molar-refractivity contribution is -0.00349. The lowest BCUT2D eigenvalue weighted by atomic mass is 10.1. The second kappa shape index (κ2) is 19.7. The normalized spacial score (nSPS) is 13.7. The average molecular weight is 636 g/mol. The van der Waals surface area contributed by atoms with Crippen LogP contribution < -0.4 is 15.1 Å². The molecule has 1 aromatic carbocycles. The second-order valence-corrected chi connectivity index (χ2v) is 11.2. The van der Waals surface area contributed by atoms with Crippen LogP contribution in [0.3, 0.4) is 0 Å². The van der Waals surface area contributed by atoms with Gasteiger partial charge in [0.05, 0.1) is 70.8 Å². The summed E-state index contributed by atoms with van der Waals surface area (Å²) in [5.74, 6) is 2.04. The maximum atomic E-state index is 5.89. The van der Waals surface area contributed by atoms with Crippen molar-refractivity contribution in [2.45, 2.75) is 45.4 Å². The summed E-state index contributed by atoms with van der Waals surface area (Å²) in [5, 5.41) is 3.34. The Bertz CT molecular complexity index is 1290. The lowest BCUT2D eigenvalue weighted by Gasteiger charge is -2.31. The molecule has 0 bridgehead atoms. The quantitative estimate of drug-likeness (QED) is 0.125. The molecular formula is C34H49N7O5. The van der Waals surface area contributed by atoms with Crippen LogP contribution in [0.5, 0.6) is 0 Å². The number of ether oxygens (including phenoxy) is 5. The maximum absolute atomic E-state index is 5.89. The van der Waals surface area contributed by atoms with Gasteiger partial charge in [-0.1, -0.05) is 30.3 Å². The van der Waals surface area contributed by atoms with Crippen LogP contribution in [0, 0.1) is 0 Å². The Hall–Kier alpha value is -3.68. The first kappa shape index (κ1) is 35.2. The molecule has 12 nitrogen and oxygen atoms in total. The molecule has 1 saturated heterocycles. The van der Waals surface area contributed by atoms with Crippen molar-refractivity contribution < 1.29 is 23.7 Å². The first-order chi connectivity index (χ1) is 22.6. The van der Waals surface area contributed by atoms with Gasteiger partial charge in [-0.2, -0.15) is 4.98 Å². The third-order valence-electron chi connectivity index (χ3n) is 7.63. The first-order valence-corrected chi connectivity index (χ1v) is 16.0. The van der Waals surface area contributed by atoms with Gasteiger partial charge in [-0.15, -0.1) is 0 Å². The summed E-state index contributed by atoms with van der Waals surface area (Å²) in [7, 11) is 1.77. The van der Waals surface area contributed by atoms with Gasteiger partial charge in [0, 0.05) is 45.0 Å². The van der Waals surface area contributed by atoms with Gasteiger partial charge in [0.2, 0.25) is 5.95 Å². The van der Waals surface area contributed by atoms with Crippen molar-refractivity contribution in [1.82, 2.24) is 15.0 Å². The Labute approximate surface area is 273 Å². The SMILES string of the molecule is C=Nc1cnc(Nc2ccnc(N3CCC(OC)CC3)n2)cc1N(CCOCCOCCOCCOCc1ccccc1)C(C)C. The van der Waals surface area contributed by atoms with Crippen LogP contribution in [0.25, 0.3) is 0 Å². The minimum absolute atomic E-state index is 0.199. The molecule has 2 aromatic heterocycles. The van der Waals surface area contributed by atoms with E-state index in [9.17, 15) is 0 Å². The number of anilines is 4. The van der Waals surface area contributed by atoms with Gasteiger partial charge in [0.1, 0.15) is 17.3 Å². The van der Waals surface area contributed by atoms with Crippen molar-refractivity contribution in [3.8, 4) is 0 Å². The smallest absolute Gasteiger partial charge is 0.227 e. The van der Waals surface area contributed by atoms with Crippen LogP contribution in [0.2, 0.25) is 0 Å². The Morgan fingerprint density at radius 2 is 1.59 bits per heavy atom. The molecular weight excluding hydrogens is 586 g/mol. The minimum atomic E-state index is 0.199. The molecule has 0 radical (unpaired) electrons. The molecule has 1 N–H and O–H groups in total. The molecule has 0 aliphatic carbocycles. The zero-order valence-electron chi connectivity index (χ0n) is 27.5. The van der Waals surface area contributed by atoms with E-state index < -0.39 is 0 Å². The van der Waals surface area contributed by atoms with E-state index in [1.165, 1.54) is 0 Å². The van der Waals surface area contributed by atoms with E-state index >= 15 is 0 Å². The summed E-state index contributed by atoms with van der Waals surface area (Å²) in [6.07, 6.45) is 5.71. The van der Waals surface area contributed by atoms with Gasteiger partial charge in [-0.25, -0.2) is 9.97 Å². The predicted octanol–water partition coefficient (Wildman–Crippen LogP) is 5.04. The van der Waals surface area contributed by atoms with E-state index in [4.69, 9.17) is 28.7 Å². The molecule has 0 amide bonds. The number of rotatable bonds is 21. The van der Waals surface area contributed by atoms with Crippen LogP contribution in [0.15, 0.2) is 59.9 Å². The fourth-order valence-electron chi connectivity index (χ4n) is 5.09. The van der Waals surface area contributed by atoms with E-state index in [2.05, 4.69) is 50.6 Å². The maximum Gasteiger partial charge on any atom is 0.227 e. The van der Waals surface area contributed by atoms with E-state index in [0.717, 1.165) is 37.2 Å². The lowest BCUT2D eigenvalue weighted by Crippen LogP contribution is -2.37. The Balaban J connectivity index is 1.17. The number of hydrogen-bond acceptors (Lipinski definition) is 12. The van der Waals surface area contributed by atoms with Gasteiger partial charge in [0.25, 0.3) is 0 Å². The number of hydrogen-bond donors (Lipinski definition) is 1. The van der Waals surface area contributed by atoms with Gasteiger partial charge in [-0.05, 0) is 45.0 Å². The van der Waals surface area contributed by atoms with Gasteiger partial charge < -0.3 is 38.8 Å². The van der Waals surface area contributed by atoms with Crippen molar-refractivity contribution in [2.75, 3.05) is 88.1 Å². The number of nitrogens with zero attached hydrogens (tertiary/aromatic N) is 6. The zero-order chi connectivity index (χ0) is 32.4. The minimum Gasteiger partial charge on any atom is -0.381 e. The van der Waals surface area contributed by atoms with E-state index in [1.54, 1.807) is 19.5 Å². The van der Waals surface area contributed by atoms with Gasteiger partial charge in [-0.3, -0.25) is 4.99 Å². The molecule has 12 heteroatoms. The van der Waals surface area contributed by atoms with Crippen LogP contribution >= 0.6 is 0 Å². The zero-order valence-corrected chi connectivity index (χ0v) is 27.5. The number of pyridine rings is 1. The van der Waals surface area contributed by atoms with Crippen molar-refractivity contribution in [3.05, 3.63) is 60.4 Å². The molecule has 0 spiro atoms. The number of nitrogens with one attached hydrogen (secondary N) is 1. The molecule has 0 atom stereocenters. The molecule has 0 unspecified atom stereocenters. The summed E-state index contributed by atoms with van der Waals surface area (Å²) in [5.41, 5.74) is 2.78. The third kappa shape index (κ3) is 11.6. The van der Waals surface area contributed by atoms with E-state index in [0.29, 0.717) is 88.8 Å². The Morgan fingerprint density at radius 3 is 2.24 bits per heavy atom. The van der Waals surface area contributed by atoms with Crippen LogP contribution in [-0.2, 0) is 30.3 Å². The summed E-state index contributed by atoms with van der Waals surface area (Å²) < 4.78 is 28.2. The van der Waals surface area contributed by atoms with Gasteiger partial charge >= 0.3 is 0 Å². The summed E-state index contributed by atoms with van der Waals surface area (Å²) >= 11 is 0. The summed E-state index contributed by atoms with van der Waals surface area (Å²) in [6, 6.07) is 14.1.